The van der Waals surface area contributed by atoms with Gasteiger partial charge < -0.3 is 19.1 Å². The highest BCUT2D eigenvalue weighted by Crippen LogP contribution is 2.45. The van der Waals surface area contributed by atoms with E-state index in [4.69, 9.17) is 14.2 Å². The fourth-order valence-corrected chi connectivity index (χ4v) is 4.99. The van der Waals surface area contributed by atoms with E-state index >= 15 is 0 Å². The molecule has 0 aliphatic carbocycles. The third kappa shape index (κ3) is 4.04. The summed E-state index contributed by atoms with van der Waals surface area (Å²) in [5.74, 6) is -1.46. The van der Waals surface area contributed by atoms with Gasteiger partial charge in [-0.15, -0.1) is 0 Å². The van der Waals surface area contributed by atoms with Gasteiger partial charge in [0.15, 0.2) is 6.10 Å². The normalized spacial score (nSPS) is 28.1. The Morgan fingerprint density at radius 3 is 2.08 bits per heavy atom. The highest BCUT2D eigenvalue weighted by atomic mass is 16.7. The number of methoxy groups -OCH3 is 1. The van der Waals surface area contributed by atoms with Gasteiger partial charge in [-0.2, -0.15) is 0 Å². The molecular weight excluding hydrogens is 456 g/mol. The van der Waals surface area contributed by atoms with Crippen LogP contribution in [0.1, 0.15) is 37.1 Å². The molecule has 0 spiro atoms. The Morgan fingerprint density at radius 1 is 0.861 bits per heavy atom. The van der Waals surface area contributed by atoms with Crippen molar-refractivity contribution in [1.29, 1.82) is 0 Å². The number of amides is 2. The fourth-order valence-electron chi connectivity index (χ4n) is 4.99. The summed E-state index contributed by atoms with van der Waals surface area (Å²) in [6, 6.07) is 26.1. The zero-order valence-electron chi connectivity index (χ0n) is 20.8. The van der Waals surface area contributed by atoms with Gasteiger partial charge in [-0.3, -0.25) is 14.5 Å². The number of carbonyl (C=O) groups is 2. The summed E-state index contributed by atoms with van der Waals surface area (Å²) in [7, 11) is 3.35. The second-order valence-corrected chi connectivity index (χ2v) is 9.35. The minimum absolute atomic E-state index is 0.202. The number of carbonyl (C=O) groups excluding carboxylic acids is 2. The minimum Gasteiger partial charge on any atom is -0.497 e. The van der Waals surface area contributed by atoms with Crippen molar-refractivity contribution in [2.75, 3.05) is 19.1 Å². The molecule has 0 unspecified atom stereocenters. The Kier molecular flexibility index (Phi) is 6.28. The smallest absolute Gasteiger partial charge is 0.282 e. The molecule has 36 heavy (non-hydrogen) atoms. The van der Waals surface area contributed by atoms with E-state index in [9.17, 15) is 9.59 Å². The number of morpholine rings is 1. The number of likely N-dealkylation sites (N-methyl/N-ethyl adjacent to an activating group) is 1. The van der Waals surface area contributed by atoms with Gasteiger partial charge in [-0.05, 0) is 49.2 Å². The zero-order valence-corrected chi connectivity index (χ0v) is 20.8. The molecule has 3 aromatic carbocycles. The van der Waals surface area contributed by atoms with Gasteiger partial charge in [0.25, 0.3) is 11.8 Å². The summed E-state index contributed by atoms with van der Waals surface area (Å²) in [6.45, 7) is 3.55. The lowest BCUT2D eigenvalue weighted by atomic mass is 9.89. The molecule has 2 aliphatic heterocycles. The van der Waals surface area contributed by atoms with E-state index in [0.29, 0.717) is 5.75 Å². The maximum Gasteiger partial charge on any atom is 0.282 e. The number of rotatable bonds is 6. The molecule has 2 saturated heterocycles. The van der Waals surface area contributed by atoms with E-state index in [2.05, 4.69) is 0 Å². The molecule has 0 radical (unpaired) electrons. The summed E-state index contributed by atoms with van der Waals surface area (Å²) >= 11 is 0. The van der Waals surface area contributed by atoms with Gasteiger partial charge in [-0.1, -0.05) is 60.7 Å². The van der Waals surface area contributed by atoms with Crippen LogP contribution in [0.5, 0.6) is 5.75 Å². The Balaban J connectivity index is 1.48. The topological polar surface area (TPSA) is 68.3 Å². The molecule has 2 amide bonds. The number of para-hydroxylation sites is 1. The highest BCUT2D eigenvalue weighted by molar-refractivity contribution is 6.05. The summed E-state index contributed by atoms with van der Waals surface area (Å²) in [6.07, 6.45) is -1.30. The largest absolute Gasteiger partial charge is 0.497 e. The average molecular weight is 487 g/mol. The number of ether oxygens (including phenoxy) is 3. The van der Waals surface area contributed by atoms with Crippen molar-refractivity contribution < 1.29 is 23.8 Å². The van der Waals surface area contributed by atoms with Crippen LogP contribution in [0.4, 0.5) is 5.69 Å². The van der Waals surface area contributed by atoms with Crippen molar-refractivity contribution in [3.05, 3.63) is 96.1 Å². The van der Waals surface area contributed by atoms with Gasteiger partial charge in [0.2, 0.25) is 5.79 Å². The van der Waals surface area contributed by atoms with Crippen molar-refractivity contribution in [3.63, 3.8) is 0 Å². The number of nitrogens with zero attached hydrogens (tertiary/aromatic N) is 2. The second kappa shape index (κ2) is 9.41. The summed E-state index contributed by atoms with van der Waals surface area (Å²) in [5, 5.41) is 0. The van der Waals surface area contributed by atoms with E-state index in [-0.39, 0.29) is 17.9 Å². The van der Waals surface area contributed by atoms with Crippen LogP contribution in [-0.2, 0) is 19.1 Å². The van der Waals surface area contributed by atoms with Gasteiger partial charge in [0, 0.05) is 12.7 Å². The quantitative estimate of drug-likeness (QED) is 0.480. The molecule has 7 heteroatoms. The van der Waals surface area contributed by atoms with Crippen LogP contribution in [0.3, 0.4) is 0 Å². The van der Waals surface area contributed by atoms with Gasteiger partial charge in [0.05, 0.1) is 19.2 Å². The molecule has 0 N–H and O–H groups in total. The maximum atomic E-state index is 13.5. The first kappa shape index (κ1) is 24.0. The lowest BCUT2D eigenvalue weighted by Gasteiger charge is -2.52. The second-order valence-electron chi connectivity index (χ2n) is 9.35. The van der Waals surface area contributed by atoms with Crippen LogP contribution in [0, 0.1) is 0 Å². The highest BCUT2D eigenvalue weighted by Gasteiger charge is 2.57. The van der Waals surface area contributed by atoms with E-state index in [1.807, 2.05) is 91.9 Å². The first-order valence-electron chi connectivity index (χ1n) is 12.0. The van der Waals surface area contributed by atoms with Crippen molar-refractivity contribution in [2.45, 2.75) is 43.9 Å². The molecule has 0 bridgehead atoms. The lowest BCUT2D eigenvalue weighted by molar-refractivity contribution is -0.290. The number of hydrogen-bond acceptors (Lipinski definition) is 5. The molecule has 5 atom stereocenters. The third-order valence-electron chi connectivity index (χ3n) is 7.13. The molecule has 2 aliphatic rings. The Bertz CT molecular complexity index is 1230. The van der Waals surface area contributed by atoms with Crippen molar-refractivity contribution in [2.24, 2.45) is 0 Å². The van der Waals surface area contributed by atoms with Crippen LogP contribution in [0.2, 0.25) is 0 Å². The third-order valence-corrected chi connectivity index (χ3v) is 7.13. The van der Waals surface area contributed by atoms with E-state index in [1.54, 1.807) is 30.9 Å². The number of benzene rings is 3. The zero-order chi connectivity index (χ0) is 25.4. The molecule has 0 aromatic heterocycles. The Labute approximate surface area is 211 Å². The fraction of sp³-hybridized carbons (Fsp3) is 0.310. The Morgan fingerprint density at radius 2 is 1.47 bits per heavy atom. The molecular formula is C29H30N2O5. The molecule has 2 heterocycles. The van der Waals surface area contributed by atoms with Gasteiger partial charge in [-0.25, -0.2) is 0 Å². The standard InChI is InChI=1S/C29H30N2O5/c1-19-25(21-11-7-5-8-12-21)35-29(2,28(33)30(19)3)36-26-24(20-15-17-23(34-4)18-16-20)31(27(26)32)22-13-9-6-10-14-22/h5-19,24-26H,1-4H3/t19-,24-,25-,26+,29+/m0/s1. The minimum atomic E-state index is -1.63. The summed E-state index contributed by atoms with van der Waals surface area (Å²) in [5.41, 5.74) is 2.58. The van der Waals surface area contributed by atoms with Crippen LogP contribution >= 0.6 is 0 Å². The molecule has 0 saturated carbocycles. The van der Waals surface area contributed by atoms with E-state index in [0.717, 1.165) is 16.8 Å². The van der Waals surface area contributed by atoms with Crippen molar-refractivity contribution >= 4 is 17.5 Å². The lowest BCUT2D eigenvalue weighted by Crippen LogP contribution is -2.67. The molecule has 5 rings (SSSR count). The van der Waals surface area contributed by atoms with E-state index < -0.39 is 24.0 Å². The predicted octanol–water partition coefficient (Wildman–Crippen LogP) is 4.50. The molecule has 3 aromatic rings. The van der Waals surface area contributed by atoms with Crippen molar-refractivity contribution in [1.82, 2.24) is 4.90 Å². The van der Waals surface area contributed by atoms with E-state index in [1.165, 1.54) is 0 Å². The molecule has 186 valence electrons. The molecule has 7 nitrogen and oxygen atoms in total. The molecule has 2 fully saturated rings. The number of hydrogen-bond donors (Lipinski definition) is 0. The summed E-state index contributed by atoms with van der Waals surface area (Å²) in [4.78, 5) is 30.3. The summed E-state index contributed by atoms with van der Waals surface area (Å²) < 4.78 is 18.0. The monoisotopic (exact) mass is 486 g/mol. The Hall–Kier alpha value is -3.68. The number of anilines is 1. The average Bonchev–Trinajstić information content (AvgIpc) is 2.92. The van der Waals surface area contributed by atoms with Gasteiger partial charge in [0.1, 0.15) is 11.9 Å². The first-order chi connectivity index (χ1) is 17.3. The maximum absolute atomic E-state index is 13.5. The predicted molar refractivity (Wildman–Crippen MR) is 135 cm³/mol. The van der Waals surface area contributed by atoms with Crippen LogP contribution in [-0.4, -0.2) is 48.8 Å². The van der Waals surface area contributed by atoms with Crippen LogP contribution in [0.15, 0.2) is 84.9 Å². The van der Waals surface area contributed by atoms with Crippen LogP contribution in [0.25, 0.3) is 0 Å². The first-order valence-corrected chi connectivity index (χ1v) is 12.0. The number of β-lactam (4-membered cyclic amide) rings is 1. The van der Waals surface area contributed by atoms with Crippen LogP contribution < -0.4 is 9.64 Å². The van der Waals surface area contributed by atoms with Crippen molar-refractivity contribution in [3.8, 4) is 5.75 Å². The SMILES string of the molecule is COc1ccc([C@H]2[C@@H](O[C@@]3(C)O[C@H](c4ccccc4)[C@H](C)N(C)C3=O)C(=O)N2c2ccccc2)cc1. The van der Waals surface area contributed by atoms with Gasteiger partial charge >= 0.3 is 0 Å².